The fraction of sp³-hybridized carbons (Fsp3) is 0.500. The van der Waals surface area contributed by atoms with Crippen LogP contribution in [0.25, 0.3) is 0 Å². The van der Waals surface area contributed by atoms with E-state index in [1.165, 1.54) is 0 Å². The number of carbonyl (C=O) groups is 1. The van der Waals surface area contributed by atoms with Gasteiger partial charge in [0.2, 0.25) is 0 Å². The zero-order chi connectivity index (χ0) is 14.1. The number of benzene rings is 1. The fourth-order valence-electron chi connectivity index (χ4n) is 1.65. The largest absolute Gasteiger partial charge is 0.399 e. The first-order chi connectivity index (χ1) is 9.19. The maximum absolute atomic E-state index is 11.7. The summed E-state index contributed by atoms with van der Waals surface area (Å²) < 4.78 is 5.46. The van der Waals surface area contributed by atoms with E-state index in [0.717, 1.165) is 25.1 Å². The van der Waals surface area contributed by atoms with Crippen molar-refractivity contribution in [1.82, 2.24) is 5.32 Å². The molecule has 0 spiro atoms. The zero-order valence-corrected chi connectivity index (χ0v) is 11.7. The first-order valence-electron chi connectivity index (χ1n) is 6.62. The van der Waals surface area contributed by atoms with Crippen LogP contribution in [-0.2, 0) is 4.74 Å². The first kappa shape index (κ1) is 15.3. The second kappa shape index (κ2) is 8.37. The molecule has 0 aliphatic rings. The van der Waals surface area contributed by atoms with E-state index in [1.807, 2.05) is 0 Å². The van der Waals surface area contributed by atoms with E-state index < -0.39 is 0 Å². The van der Waals surface area contributed by atoms with Gasteiger partial charge in [-0.05, 0) is 24.6 Å². The SMILES string of the molecule is CCCCOCCNc1cc(N)ccc1C(=O)NC. The summed E-state index contributed by atoms with van der Waals surface area (Å²) >= 11 is 0. The highest BCUT2D eigenvalue weighted by molar-refractivity contribution is 6.00. The molecular weight excluding hydrogens is 242 g/mol. The Labute approximate surface area is 114 Å². The Bertz CT molecular complexity index is 408. The molecule has 0 unspecified atom stereocenters. The number of hydrogen-bond donors (Lipinski definition) is 3. The second-order valence-electron chi connectivity index (χ2n) is 4.28. The van der Waals surface area contributed by atoms with Gasteiger partial charge in [-0.3, -0.25) is 4.79 Å². The highest BCUT2D eigenvalue weighted by Gasteiger charge is 2.09. The molecule has 19 heavy (non-hydrogen) atoms. The van der Waals surface area contributed by atoms with Crippen LogP contribution < -0.4 is 16.4 Å². The van der Waals surface area contributed by atoms with Crippen molar-refractivity contribution in [2.75, 3.05) is 37.9 Å². The highest BCUT2D eigenvalue weighted by Crippen LogP contribution is 2.18. The Morgan fingerprint density at radius 3 is 2.84 bits per heavy atom. The van der Waals surface area contributed by atoms with Gasteiger partial charge in [0.05, 0.1) is 12.2 Å². The molecule has 4 N–H and O–H groups in total. The summed E-state index contributed by atoms with van der Waals surface area (Å²) in [5, 5.41) is 5.79. The molecule has 0 radical (unpaired) electrons. The summed E-state index contributed by atoms with van der Waals surface area (Å²) in [4.78, 5) is 11.7. The van der Waals surface area contributed by atoms with Crippen LogP contribution in [0.2, 0.25) is 0 Å². The normalized spacial score (nSPS) is 10.2. The molecule has 0 atom stereocenters. The van der Waals surface area contributed by atoms with Crippen molar-refractivity contribution in [3.8, 4) is 0 Å². The summed E-state index contributed by atoms with van der Waals surface area (Å²) in [6.45, 7) is 4.17. The number of nitrogens with one attached hydrogen (secondary N) is 2. The number of unbranched alkanes of at least 4 members (excludes halogenated alkanes) is 1. The highest BCUT2D eigenvalue weighted by atomic mass is 16.5. The third-order valence-corrected chi connectivity index (χ3v) is 2.72. The van der Waals surface area contributed by atoms with Gasteiger partial charge in [0.1, 0.15) is 0 Å². The van der Waals surface area contributed by atoms with E-state index in [4.69, 9.17) is 10.5 Å². The van der Waals surface area contributed by atoms with Crippen molar-refractivity contribution < 1.29 is 9.53 Å². The maximum atomic E-state index is 11.7. The Morgan fingerprint density at radius 1 is 1.37 bits per heavy atom. The van der Waals surface area contributed by atoms with Gasteiger partial charge in [-0.2, -0.15) is 0 Å². The van der Waals surface area contributed by atoms with E-state index in [9.17, 15) is 4.79 Å². The standard InChI is InChI=1S/C14H23N3O2/c1-3-4-8-19-9-7-17-13-10-11(15)5-6-12(13)14(18)16-2/h5-6,10,17H,3-4,7-9,15H2,1-2H3,(H,16,18). The number of nitrogens with two attached hydrogens (primary N) is 1. The minimum absolute atomic E-state index is 0.130. The van der Waals surface area contributed by atoms with Gasteiger partial charge in [0, 0.05) is 31.6 Å². The summed E-state index contributed by atoms with van der Waals surface area (Å²) in [7, 11) is 1.61. The maximum Gasteiger partial charge on any atom is 0.253 e. The van der Waals surface area contributed by atoms with E-state index in [2.05, 4.69) is 17.6 Å². The van der Waals surface area contributed by atoms with Crippen molar-refractivity contribution in [2.45, 2.75) is 19.8 Å². The first-order valence-corrected chi connectivity index (χ1v) is 6.62. The van der Waals surface area contributed by atoms with Crippen molar-refractivity contribution in [1.29, 1.82) is 0 Å². The molecule has 0 aromatic heterocycles. The van der Waals surface area contributed by atoms with Crippen LogP contribution >= 0.6 is 0 Å². The summed E-state index contributed by atoms with van der Waals surface area (Å²) in [5.41, 5.74) is 7.69. The predicted octanol–water partition coefficient (Wildman–Crippen LogP) is 1.86. The van der Waals surface area contributed by atoms with Gasteiger partial charge in [-0.25, -0.2) is 0 Å². The van der Waals surface area contributed by atoms with E-state index >= 15 is 0 Å². The third-order valence-electron chi connectivity index (χ3n) is 2.72. The molecule has 1 rings (SSSR count). The van der Waals surface area contributed by atoms with E-state index in [0.29, 0.717) is 24.4 Å². The molecule has 0 saturated carbocycles. The number of anilines is 2. The van der Waals surface area contributed by atoms with Crippen LogP contribution in [0, 0.1) is 0 Å². The van der Waals surface area contributed by atoms with Gasteiger partial charge in [0.15, 0.2) is 0 Å². The molecule has 0 fully saturated rings. The lowest BCUT2D eigenvalue weighted by Crippen LogP contribution is -2.20. The molecule has 0 aliphatic carbocycles. The van der Waals surface area contributed by atoms with Crippen LogP contribution in [0.5, 0.6) is 0 Å². The summed E-state index contributed by atoms with van der Waals surface area (Å²) in [6, 6.07) is 5.19. The monoisotopic (exact) mass is 265 g/mol. The zero-order valence-electron chi connectivity index (χ0n) is 11.7. The summed E-state index contributed by atoms with van der Waals surface area (Å²) in [6.07, 6.45) is 2.20. The van der Waals surface area contributed by atoms with Crippen LogP contribution in [0.1, 0.15) is 30.1 Å². The average molecular weight is 265 g/mol. The molecule has 106 valence electrons. The molecule has 0 saturated heterocycles. The molecule has 0 heterocycles. The van der Waals surface area contributed by atoms with Gasteiger partial charge < -0.3 is 21.1 Å². The van der Waals surface area contributed by atoms with Gasteiger partial charge in [-0.15, -0.1) is 0 Å². The van der Waals surface area contributed by atoms with Gasteiger partial charge in [-0.1, -0.05) is 13.3 Å². The Balaban J connectivity index is 2.51. The average Bonchev–Trinajstić information content (AvgIpc) is 2.42. The van der Waals surface area contributed by atoms with Crippen molar-refractivity contribution >= 4 is 17.3 Å². The molecule has 1 aromatic rings. The lowest BCUT2D eigenvalue weighted by Gasteiger charge is -2.12. The lowest BCUT2D eigenvalue weighted by molar-refractivity contribution is 0.0963. The van der Waals surface area contributed by atoms with Crippen LogP contribution in [0.15, 0.2) is 18.2 Å². The van der Waals surface area contributed by atoms with Crippen molar-refractivity contribution in [2.24, 2.45) is 0 Å². The van der Waals surface area contributed by atoms with Gasteiger partial charge in [0.25, 0.3) is 5.91 Å². The number of rotatable bonds is 8. The van der Waals surface area contributed by atoms with Crippen LogP contribution in [-0.4, -0.2) is 32.7 Å². The van der Waals surface area contributed by atoms with Crippen LogP contribution in [0.4, 0.5) is 11.4 Å². The molecule has 5 heteroatoms. The third kappa shape index (κ3) is 5.18. The van der Waals surface area contributed by atoms with Crippen molar-refractivity contribution in [3.05, 3.63) is 23.8 Å². The number of carbonyl (C=O) groups excluding carboxylic acids is 1. The summed E-state index contributed by atoms with van der Waals surface area (Å²) in [5.74, 6) is -0.130. The Hall–Kier alpha value is -1.75. The smallest absolute Gasteiger partial charge is 0.253 e. The fourth-order valence-corrected chi connectivity index (χ4v) is 1.65. The molecule has 1 amide bonds. The van der Waals surface area contributed by atoms with Crippen molar-refractivity contribution in [3.63, 3.8) is 0 Å². The van der Waals surface area contributed by atoms with E-state index in [1.54, 1.807) is 25.2 Å². The lowest BCUT2D eigenvalue weighted by atomic mass is 10.1. The number of nitrogen functional groups attached to an aromatic ring is 1. The predicted molar refractivity (Wildman–Crippen MR) is 78.5 cm³/mol. The van der Waals surface area contributed by atoms with E-state index in [-0.39, 0.29) is 5.91 Å². The Morgan fingerprint density at radius 2 is 2.16 bits per heavy atom. The number of amides is 1. The topological polar surface area (TPSA) is 76.4 Å². The molecule has 0 bridgehead atoms. The number of ether oxygens (including phenoxy) is 1. The van der Waals surface area contributed by atoms with Crippen LogP contribution in [0.3, 0.4) is 0 Å². The molecular formula is C14H23N3O2. The minimum Gasteiger partial charge on any atom is -0.399 e. The quantitative estimate of drug-likeness (QED) is 0.495. The Kier molecular flexibility index (Phi) is 6.74. The second-order valence-corrected chi connectivity index (χ2v) is 4.28. The number of hydrogen-bond acceptors (Lipinski definition) is 4. The van der Waals surface area contributed by atoms with Gasteiger partial charge >= 0.3 is 0 Å². The minimum atomic E-state index is -0.130. The molecule has 5 nitrogen and oxygen atoms in total. The molecule has 1 aromatic carbocycles. The molecule has 0 aliphatic heterocycles.